The highest BCUT2D eigenvalue weighted by Gasteiger charge is 2.22. The Labute approximate surface area is 139 Å². The van der Waals surface area contributed by atoms with E-state index in [0.717, 1.165) is 0 Å². The number of primary sulfonamides is 1. The van der Waals surface area contributed by atoms with E-state index in [2.05, 4.69) is 19.9 Å². The van der Waals surface area contributed by atoms with Gasteiger partial charge in [-0.2, -0.15) is 0 Å². The number of rotatable bonds is 4. The van der Waals surface area contributed by atoms with Crippen LogP contribution in [0.15, 0.2) is 26.6 Å². The van der Waals surface area contributed by atoms with Gasteiger partial charge in [0.25, 0.3) is 5.56 Å². The number of fused-ring (bicyclic) bond motifs is 1. The summed E-state index contributed by atoms with van der Waals surface area (Å²) in [5.74, 6) is 0.319. The van der Waals surface area contributed by atoms with Gasteiger partial charge < -0.3 is 14.5 Å². The zero-order valence-electron chi connectivity index (χ0n) is 13.0. The van der Waals surface area contributed by atoms with Crippen molar-refractivity contribution in [1.82, 2.24) is 19.9 Å². The second-order valence-corrected chi connectivity index (χ2v) is 6.50. The molecule has 0 atom stereocenters. The maximum Gasteiger partial charge on any atom is 0.327 e. The summed E-state index contributed by atoms with van der Waals surface area (Å²) in [5.41, 5.74) is -1.15. The maximum absolute atomic E-state index is 11.8. The summed E-state index contributed by atoms with van der Waals surface area (Å²) in [6.45, 7) is 0. The molecule has 3 rings (SSSR count). The first kappa shape index (κ1) is 16.7. The number of H-pyrrole nitrogens is 3. The number of aromatic amines is 3. The second-order valence-electron chi connectivity index (χ2n) is 4.97. The van der Waals surface area contributed by atoms with Crippen LogP contribution >= 0.6 is 0 Å². The molecule has 0 amide bonds. The fraction of sp³-hybridized carbons (Fsp3) is 0.154. The number of benzene rings is 1. The lowest BCUT2D eigenvalue weighted by Gasteiger charge is -2.12. The highest BCUT2D eigenvalue weighted by atomic mass is 32.2. The van der Waals surface area contributed by atoms with Gasteiger partial charge in [0.2, 0.25) is 10.0 Å². The van der Waals surface area contributed by atoms with E-state index in [0.29, 0.717) is 0 Å². The first-order chi connectivity index (χ1) is 11.7. The van der Waals surface area contributed by atoms with Gasteiger partial charge in [0.05, 0.1) is 19.8 Å². The molecule has 3 aromatic rings. The molecule has 0 bridgehead atoms. The third-order valence-electron chi connectivity index (χ3n) is 3.44. The van der Waals surface area contributed by atoms with Crippen molar-refractivity contribution in [1.29, 1.82) is 0 Å². The molecule has 0 aliphatic carbocycles. The van der Waals surface area contributed by atoms with Crippen LogP contribution < -0.4 is 25.9 Å². The molecule has 0 aliphatic heterocycles. The van der Waals surface area contributed by atoms with E-state index in [9.17, 15) is 18.0 Å². The standard InChI is InChI=1S/C13H13N5O6S/c1-23-6-4-7(24-2)8(25(14,21)22)3-5(6)10-15-9-11(16-10)17-13(20)18-12(9)19/h3-4H,1-2H3,(H2,14,21,22)(H3,15,16,17,18,19,20). The van der Waals surface area contributed by atoms with E-state index >= 15 is 0 Å². The number of hydrogen-bond acceptors (Lipinski definition) is 7. The van der Waals surface area contributed by atoms with Crippen molar-refractivity contribution in [2.24, 2.45) is 5.14 Å². The van der Waals surface area contributed by atoms with E-state index in [1.807, 2.05) is 0 Å². The third-order valence-corrected chi connectivity index (χ3v) is 4.37. The summed E-state index contributed by atoms with van der Waals surface area (Å²) in [6, 6.07) is 2.53. The number of imidazole rings is 1. The van der Waals surface area contributed by atoms with Crippen molar-refractivity contribution >= 4 is 21.2 Å². The molecule has 2 aromatic heterocycles. The number of ether oxygens (including phenoxy) is 2. The molecule has 5 N–H and O–H groups in total. The Morgan fingerprint density at radius 1 is 1.04 bits per heavy atom. The van der Waals surface area contributed by atoms with E-state index < -0.39 is 21.3 Å². The lowest BCUT2D eigenvalue weighted by molar-refractivity contribution is 0.387. The maximum atomic E-state index is 11.8. The highest BCUT2D eigenvalue weighted by Crippen LogP contribution is 2.36. The van der Waals surface area contributed by atoms with Gasteiger partial charge in [0.1, 0.15) is 27.7 Å². The topological polar surface area (TPSA) is 173 Å². The molecule has 25 heavy (non-hydrogen) atoms. The quantitative estimate of drug-likeness (QED) is 0.470. The van der Waals surface area contributed by atoms with Gasteiger partial charge in [-0.15, -0.1) is 0 Å². The molecule has 0 saturated heterocycles. The van der Waals surface area contributed by atoms with E-state index in [4.69, 9.17) is 14.6 Å². The van der Waals surface area contributed by atoms with Crippen LogP contribution in [0.4, 0.5) is 0 Å². The molecule has 0 unspecified atom stereocenters. The first-order valence-electron chi connectivity index (χ1n) is 6.76. The number of methoxy groups -OCH3 is 2. The van der Waals surface area contributed by atoms with Crippen LogP contribution in [0, 0.1) is 0 Å². The van der Waals surface area contributed by atoms with Crippen LogP contribution in [0.1, 0.15) is 0 Å². The molecule has 2 heterocycles. The van der Waals surface area contributed by atoms with Gasteiger partial charge in [0.15, 0.2) is 5.65 Å². The van der Waals surface area contributed by atoms with E-state index in [1.165, 1.54) is 26.4 Å². The van der Waals surface area contributed by atoms with Crippen molar-refractivity contribution in [3.8, 4) is 22.9 Å². The molecule has 0 fully saturated rings. The summed E-state index contributed by atoms with van der Waals surface area (Å²) >= 11 is 0. The molecular weight excluding hydrogens is 354 g/mol. The molecule has 12 heteroatoms. The Morgan fingerprint density at radius 2 is 1.72 bits per heavy atom. The Balaban J connectivity index is 2.35. The van der Waals surface area contributed by atoms with Gasteiger partial charge in [-0.3, -0.25) is 14.8 Å². The Hall–Kier alpha value is -3.12. The fourth-order valence-electron chi connectivity index (χ4n) is 2.34. The fourth-order valence-corrected chi connectivity index (χ4v) is 3.04. The SMILES string of the molecule is COc1cc(OC)c(S(N)(=O)=O)cc1-c1nc2[nH]c(=O)[nH]c(=O)c2[nH]1. The lowest BCUT2D eigenvalue weighted by Crippen LogP contribution is -2.21. The number of nitrogens with one attached hydrogen (secondary N) is 3. The monoisotopic (exact) mass is 367 g/mol. The van der Waals surface area contributed by atoms with Crippen LogP contribution in [0.25, 0.3) is 22.6 Å². The summed E-state index contributed by atoms with van der Waals surface area (Å²) in [7, 11) is -1.44. The number of sulfonamides is 1. The first-order valence-corrected chi connectivity index (χ1v) is 8.30. The van der Waals surface area contributed by atoms with Gasteiger partial charge in [-0.1, -0.05) is 0 Å². The zero-order chi connectivity index (χ0) is 18.4. The number of nitrogens with zero attached hydrogens (tertiary/aromatic N) is 1. The van der Waals surface area contributed by atoms with Crippen LogP contribution in [0.5, 0.6) is 11.5 Å². The molecule has 0 radical (unpaired) electrons. The normalized spacial score (nSPS) is 11.6. The Morgan fingerprint density at radius 3 is 2.32 bits per heavy atom. The summed E-state index contributed by atoms with van der Waals surface area (Å²) in [6.07, 6.45) is 0. The predicted molar refractivity (Wildman–Crippen MR) is 87.2 cm³/mol. The summed E-state index contributed by atoms with van der Waals surface area (Å²) in [4.78, 5) is 34.1. The van der Waals surface area contributed by atoms with E-state index in [-0.39, 0.29) is 38.9 Å². The van der Waals surface area contributed by atoms with Crippen LogP contribution in [-0.4, -0.2) is 42.6 Å². The van der Waals surface area contributed by atoms with Crippen LogP contribution in [0.2, 0.25) is 0 Å². The Kier molecular flexibility index (Phi) is 3.85. The average molecular weight is 367 g/mol. The van der Waals surface area contributed by atoms with Crippen molar-refractivity contribution < 1.29 is 17.9 Å². The Bertz CT molecular complexity index is 1190. The van der Waals surface area contributed by atoms with Crippen LogP contribution in [0.3, 0.4) is 0 Å². The van der Waals surface area contributed by atoms with Gasteiger partial charge in [-0.05, 0) is 6.07 Å². The van der Waals surface area contributed by atoms with Crippen LogP contribution in [-0.2, 0) is 10.0 Å². The van der Waals surface area contributed by atoms with Crippen molar-refractivity contribution in [3.63, 3.8) is 0 Å². The van der Waals surface area contributed by atoms with Crippen molar-refractivity contribution in [2.75, 3.05) is 14.2 Å². The van der Waals surface area contributed by atoms with Crippen molar-refractivity contribution in [3.05, 3.63) is 33.0 Å². The minimum Gasteiger partial charge on any atom is -0.496 e. The number of hydrogen-bond donors (Lipinski definition) is 4. The lowest BCUT2D eigenvalue weighted by atomic mass is 10.2. The number of aromatic nitrogens is 4. The van der Waals surface area contributed by atoms with E-state index in [1.54, 1.807) is 0 Å². The molecule has 0 aliphatic rings. The molecule has 11 nitrogen and oxygen atoms in total. The van der Waals surface area contributed by atoms with Crippen molar-refractivity contribution in [2.45, 2.75) is 4.90 Å². The minimum absolute atomic E-state index is 0.00883. The molecule has 0 saturated carbocycles. The van der Waals surface area contributed by atoms with Gasteiger partial charge >= 0.3 is 5.69 Å². The molecule has 0 spiro atoms. The average Bonchev–Trinajstić information content (AvgIpc) is 2.96. The smallest absolute Gasteiger partial charge is 0.327 e. The molecular formula is C13H13N5O6S. The molecule has 1 aromatic carbocycles. The second kappa shape index (κ2) is 5.75. The molecule has 132 valence electrons. The zero-order valence-corrected chi connectivity index (χ0v) is 13.9. The van der Waals surface area contributed by atoms with Gasteiger partial charge in [0, 0.05) is 6.07 Å². The predicted octanol–water partition coefficient (Wildman–Crippen LogP) is -0.729. The third kappa shape index (κ3) is 2.88. The highest BCUT2D eigenvalue weighted by molar-refractivity contribution is 7.89. The number of nitrogens with two attached hydrogens (primary N) is 1. The largest absolute Gasteiger partial charge is 0.496 e. The minimum atomic E-state index is -4.09. The van der Waals surface area contributed by atoms with Gasteiger partial charge in [-0.25, -0.2) is 23.3 Å². The summed E-state index contributed by atoms with van der Waals surface area (Å²) in [5, 5.41) is 5.21. The summed E-state index contributed by atoms with van der Waals surface area (Å²) < 4.78 is 33.8.